The van der Waals surface area contributed by atoms with Crippen molar-refractivity contribution in [2.24, 2.45) is 5.92 Å². The maximum atomic E-state index is 5.38. The lowest BCUT2D eigenvalue weighted by molar-refractivity contribution is 0.00973. The van der Waals surface area contributed by atoms with E-state index < -0.39 is 5.60 Å². The molecule has 19 heavy (non-hydrogen) atoms. The van der Waals surface area contributed by atoms with E-state index in [1.165, 1.54) is 25.7 Å². The zero-order valence-electron chi connectivity index (χ0n) is 12.0. The van der Waals surface area contributed by atoms with Crippen molar-refractivity contribution in [2.75, 3.05) is 7.11 Å². The molecule has 0 aromatic carbocycles. The molecule has 2 aliphatic heterocycles. The van der Waals surface area contributed by atoms with E-state index in [0.717, 1.165) is 12.3 Å². The molecule has 2 saturated heterocycles. The van der Waals surface area contributed by atoms with Gasteiger partial charge in [0.1, 0.15) is 5.60 Å². The van der Waals surface area contributed by atoms with Gasteiger partial charge in [0, 0.05) is 25.6 Å². The van der Waals surface area contributed by atoms with Crippen LogP contribution in [0.25, 0.3) is 0 Å². The van der Waals surface area contributed by atoms with Gasteiger partial charge in [0.15, 0.2) is 0 Å². The highest BCUT2D eigenvalue weighted by Gasteiger charge is 2.34. The van der Waals surface area contributed by atoms with E-state index in [9.17, 15) is 0 Å². The maximum Gasteiger partial charge on any atom is 0.227 e. The lowest BCUT2D eigenvalue weighted by atomic mass is 9.90. The Balaban J connectivity index is 1.64. The van der Waals surface area contributed by atoms with Crippen LogP contribution in [0.3, 0.4) is 0 Å². The quantitative estimate of drug-likeness (QED) is 0.902. The van der Waals surface area contributed by atoms with Gasteiger partial charge in [0.05, 0.1) is 0 Å². The Bertz CT molecular complexity index is 432. The van der Waals surface area contributed by atoms with Crippen molar-refractivity contribution in [1.29, 1.82) is 0 Å². The van der Waals surface area contributed by atoms with Gasteiger partial charge < -0.3 is 14.6 Å². The average Bonchev–Trinajstić information content (AvgIpc) is 2.97. The molecule has 2 fully saturated rings. The van der Waals surface area contributed by atoms with Crippen molar-refractivity contribution in [1.82, 2.24) is 15.5 Å². The summed E-state index contributed by atoms with van der Waals surface area (Å²) in [6.07, 6.45) is 6.03. The van der Waals surface area contributed by atoms with E-state index in [-0.39, 0.29) is 0 Å². The number of rotatable bonds is 4. The molecular formula is C14H23N3O2. The SMILES string of the molecule is COC(C)(C)c1noc(CC2CC3CCC(C2)N3)n1. The van der Waals surface area contributed by atoms with Gasteiger partial charge in [-0.25, -0.2) is 0 Å². The molecule has 1 N–H and O–H groups in total. The Morgan fingerprint density at radius 2 is 2.00 bits per heavy atom. The van der Waals surface area contributed by atoms with E-state index in [0.29, 0.717) is 23.8 Å². The maximum absolute atomic E-state index is 5.38. The molecular weight excluding hydrogens is 242 g/mol. The van der Waals surface area contributed by atoms with Crippen LogP contribution >= 0.6 is 0 Å². The van der Waals surface area contributed by atoms with Crippen molar-refractivity contribution >= 4 is 0 Å². The third-order valence-corrected chi connectivity index (χ3v) is 4.55. The van der Waals surface area contributed by atoms with Gasteiger partial charge in [-0.2, -0.15) is 4.98 Å². The molecule has 106 valence electrons. The molecule has 0 saturated carbocycles. The highest BCUT2D eigenvalue weighted by molar-refractivity contribution is 4.99. The van der Waals surface area contributed by atoms with Crippen molar-refractivity contribution in [3.63, 3.8) is 0 Å². The molecule has 5 nitrogen and oxygen atoms in total. The van der Waals surface area contributed by atoms with Crippen molar-refractivity contribution in [2.45, 2.75) is 63.6 Å². The van der Waals surface area contributed by atoms with E-state index in [1.807, 2.05) is 13.8 Å². The summed E-state index contributed by atoms with van der Waals surface area (Å²) >= 11 is 0. The first-order valence-electron chi connectivity index (χ1n) is 7.21. The van der Waals surface area contributed by atoms with Crippen LogP contribution in [-0.2, 0) is 16.8 Å². The zero-order valence-corrected chi connectivity index (χ0v) is 12.0. The number of hydrogen-bond acceptors (Lipinski definition) is 5. The Labute approximate surface area is 114 Å². The molecule has 0 spiro atoms. The molecule has 2 unspecified atom stereocenters. The van der Waals surface area contributed by atoms with Crippen LogP contribution in [0.4, 0.5) is 0 Å². The van der Waals surface area contributed by atoms with Crippen molar-refractivity contribution in [3.8, 4) is 0 Å². The van der Waals surface area contributed by atoms with Crippen LogP contribution in [0.5, 0.6) is 0 Å². The number of ether oxygens (including phenoxy) is 1. The van der Waals surface area contributed by atoms with Crippen LogP contribution in [0.1, 0.15) is 51.2 Å². The van der Waals surface area contributed by atoms with E-state index in [1.54, 1.807) is 7.11 Å². The van der Waals surface area contributed by atoms with E-state index in [4.69, 9.17) is 9.26 Å². The Kier molecular flexibility index (Phi) is 3.35. The summed E-state index contributed by atoms with van der Waals surface area (Å²) in [6.45, 7) is 3.90. The van der Waals surface area contributed by atoms with Crippen LogP contribution in [-0.4, -0.2) is 29.3 Å². The summed E-state index contributed by atoms with van der Waals surface area (Å²) < 4.78 is 10.8. The second-order valence-electron chi connectivity index (χ2n) is 6.41. The minimum Gasteiger partial charge on any atom is -0.371 e. The lowest BCUT2D eigenvalue weighted by Crippen LogP contribution is -2.38. The monoisotopic (exact) mass is 265 g/mol. The molecule has 3 rings (SSSR count). The Hall–Kier alpha value is -0.940. The lowest BCUT2D eigenvalue weighted by Gasteiger charge is -2.28. The second kappa shape index (κ2) is 4.87. The number of hydrogen-bond donors (Lipinski definition) is 1. The number of nitrogens with zero attached hydrogens (tertiary/aromatic N) is 2. The van der Waals surface area contributed by atoms with Gasteiger partial charge in [0.2, 0.25) is 11.7 Å². The summed E-state index contributed by atoms with van der Waals surface area (Å²) in [5.74, 6) is 2.08. The van der Waals surface area contributed by atoms with Crippen molar-refractivity contribution < 1.29 is 9.26 Å². The molecule has 2 bridgehead atoms. The van der Waals surface area contributed by atoms with E-state index in [2.05, 4.69) is 15.5 Å². The average molecular weight is 265 g/mol. The predicted molar refractivity (Wildman–Crippen MR) is 70.7 cm³/mol. The summed E-state index contributed by atoms with van der Waals surface area (Å²) in [6, 6.07) is 1.42. The number of piperidine rings is 1. The standard InChI is InChI=1S/C14H23N3O2/c1-14(2,18-3)13-16-12(19-17-13)8-9-6-10-4-5-11(7-9)15-10/h9-11,15H,4-8H2,1-3H3. The van der Waals surface area contributed by atoms with Gasteiger partial charge in [-0.15, -0.1) is 0 Å². The fraction of sp³-hybridized carbons (Fsp3) is 0.857. The molecule has 0 radical (unpaired) electrons. The van der Waals surface area contributed by atoms with Gasteiger partial charge in [0.25, 0.3) is 0 Å². The fourth-order valence-corrected chi connectivity index (χ4v) is 3.26. The summed E-state index contributed by atoms with van der Waals surface area (Å²) in [4.78, 5) is 4.49. The third-order valence-electron chi connectivity index (χ3n) is 4.55. The first-order chi connectivity index (χ1) is 9.06. The summed E-state index contributed by atoms with van der Waals surface area (Å²) in [7, 11) is 1.67. The number of nitrogens with one attached hydrogen (secondary N) is 1. The Morgan fingerprint density at radius 3 is 2.63 bits per heavy atom. The highest BCUT2D eigenvalue weighted by atomic mass is 16.5. The second-order valence-corrected chi connectivity index (χ2v) is 6.41. The van der Waals surface area contributed by atoms with Crippen LogP contribution < -0.4 is 5.32 Å². The normalized spacial score (nSPS) is 30.8. The molecule has 2 atom stereocenters. The largest absolute Gasteiger partial charge is 0.371 e. The minimum atomic E-state index is -0.477. The first kappa shape index (κ1) is 13.1. The summed E-state index contributed by atoms with van der Waals surface area (Å²) in [5, 5.41) is 7.71. The van der Waals surface area contributed by atoms with Crippen LogP contribution in [0, 0.1) is 5.92 Å². The molecule has 2 aliphatic rings. The first-order valence-corrected chi connectivity index (χ1v) is 7.21. The number of aromatic nitrogens is 2. The van der Waals surface area contributed by atoms with Crippen molar-refractivity contribution in [3.05, 3.63) is 11.7 Å². The van der Waals surface area contributed by atoms with Gasteiger partial charge in [-0.3, -0.25) is 0 Å². The molecule has 3 heterocycles. The van der Waals surface area contributed by atoms with Gasteiger partial charge in [-0.1, -0.05) is 5.16 Å². The number of methoxy groups -OCH3 is 1. The predicted octanol–water partition coefficient (Wildman–Crippen LogP) is 2.02. The number of fused-ring (bicyclic) bond motifs is 2. The smallest absolute Gasteiger partial charge is 0.227 e. The topological polar surface area (TPSA) is 60.2 Å². The van der Waals surface area contributed by atoms with E-state index >= 15 is 0 Å². The third kappa shape index (κ3) is 2.67. The minimum absolute atomic E-state index is 0.477. The van der Waals surface area contributed by atoms with Crippen LogP contribution in [0.2, 0.25) is 0 Å². The molecule has 0 aliphatic carbocycles. The fourth-order valence-electron chi connectivity index (χ4n) is 3.26. The molecule has 1 aromatic heterocycles. The molecule has 1 aromatic rings. The zero-order chi connectivity index (χ0) is 13.5. The van der Waals surface area contributed by atoms with Gasteiger partial charge >= 0.3 is 0 Å². The molecule has 5 heteroatoms. The highest BCUT2D eigenvalue weighted by Crippen LogP contribution is 2.32. The molecule has 0 amide bonds. The van der Waals surface area contributed by atoms with Crippen LogP contribution in [0.15, 0.2) is 4.52 Å². The summed E-state index contributed by atoms with van der Waals surface area (Å²) in [5.41, 5.74) is -0.477. The van der Waals surface area contributed by atoms with Gasteiger partial charge in [-0.05, 0) is 45.4 Å². The Morgan fingerprint density at radius 1 is 1.32 bits per heavy atom.